The summed E-state index contributed by atoms with van der Waals surface area (Å²) in [5, 5.41) is 5.54. The molecule has 0 aliphatic rings. The molecule has 0 saturated heterocycles. The van der Waals surface area contributed by atoms with Gasteiger partial charge in [0, 0.05) is 25.6 Å². The largest absolute Gasteiger partial charge is 0.354 e. The average Bonchev–Trinajstić information content (AvgIpc) is 2.45. The highest BCUT2D eigenvalue weighted by atomic mass is 16.2. The van der Waals surface area contributed by atoms with Gasteiger partial charge >= 0.3 is 0 Å². The van der Waals surface area contributed by atoms with Crippen LogP contribution in [0.3, 0.4) is 0 Å². The van der Waals surface area contributed by atoms with E-state index in [0.29, 0.717) is 13.1 Å². The molecule has 0 fully saturated rings. The van der Waals surface area contributed by atoms with Crippen molar-refractivity contribution in [3.05, 3.63) is 35.9 Å². The zero-order chi connectivity index (χ0) is 15.0. The van der Waals surface area contributed by atoms with Crippen LogP contribution < -0.4 is 16.4 Å². The summed E-state index contributed by atoms with van der Waals surface area (Å²) in [6.07, 6.45) is 0. The van der Waals surface area contributed by atoms with E-state index in [-0.39, 0.29) is 30.2 Å². The van der Waals surface area contributed by atoms with Gasteiger partial charge in [-0.25, -0.2) is 0 Å². The summed E-state index contributed by atoms with van der Waals surface area (Å²) in [6.45, 7) is 4.74. The molecule has 0 aliphatic carbocycles. The minimum absolute atomic E-state index is 0.0160. The van der Waals surface area contributed by atoms with Crippen LogP contribution in [-0.2, 0) is 9.59 Å². The summed E-state index contributed by atoms with van der Waals surface area (Å²) in [6, 6.07) is 9.44. The van der Waals surface area contributed by atoms with Crippen LogP contribution in [0.4, 0.5) is 0 Å². The fourth-order valence-corrected chi connectivity index (χ4v) is 1.78. The minimum Gasteiger partial charge on any atom is -0.354 e. The molecule has 0 radical (unpaired) electrons. The molecule has 1 aromatic rings. The van der Waals surface area contributed by atoms with Crippen molar-refractivity contribution in [1.29, 1.82) is 0 Å². The highest BCUT2D eigenvalue weighted by Gasteiger charge is 2.18. The Morgan fingerprint density at radius 2 is 1.60 bits per heavy atom. The van der Waals surface area contributed by atoms with Crippen LogP contribution in [0.2, 0.25) is 0 Å². The second-order valence-electron chi connectivity index (χ2n) is 4.94. The molecule has 2 amide bonds. The van der Waals surface area contributed by atoms with Crippen molar-refractivity contribution in [1.82, 2.24) is 10.6 Å². The lowest BCUT2D eigenvalue weighted by atomic mass is 9.98. The van der Waals surface area contributed by atoms with Crippen molar-refractivity contribution in [3.8, 4) is 0 Å². The van der Waals surface area contributed by atoms with E-state index in [1.165, 1.54) is 0 Å². The number of carbonyl (C=O) groups is 2. The fourth-order valence-electron chi connectivity index (χ4n) is 1.78. The van der Waals surface area contributed by atoms with Gasteiger partial charge in [0.25, 0.3) is 0 Å². The molecule has 0 aliphatic heterocycles. The predicted molar refractivity (Wildman–Crippen MR) is 79.1 cm³/mol. The van der Waals surface area contributed by atoms with Gasteiger partial charge in [0.05, 0.1) is 5.92 Å². The summed E-state index contributed by atoms with van der Waals surface area (Å²) in [7, 11) is 0. The molecule has 0 saturated carbocycles. The van der Waals surface area contributed by atoms with E-state index in [1.54, 1.807) is 0 Å². The first-order valence-corrected chi connectivity index (χ1v) is 6.86. The first kappa shape index (κ1) is 16.2. The summed E-state index contributed by atoms with van der Waals surface area (Å²) < 4.78 is 0. The maximum Gasteiger partial charge on any atom is 0.228 e. The van der Waals surface area contributed by atoms with Crippen molar-refractivity contribution >= 4 is 11.8 Å². The van der Waals surface area contributed by atoms with Gasteiger partial charge < -0.3 is 16.4 Å². The number of carbonyl (C=O) groups excluding carboxylic acids is 2. The molecule has 20 heavy (non-hydrogen) atoms. The van der Waals surface area contributed by atoms with Gasteiger partial charge in [-0.05, 0) is 5.56 Å². The molecule has 1 unspecified atom stereocenters. The number of hydrogen-bond donors (Lipinski definition) is 3. The van der Waals surface area contributed by atoms with Crippen LogP contribution >= 0.6 is 0 Å². The third-order valence-corrected chi connectivity index (χ3v) is 3.00. The molecule has 0 bridgehead atoms. The molecule has 0 aromatic heterocycles. The van der Waals surface area contributed by atoms with Crippen molar-refractivity contribution in [2.24, 2.45) is 11.7 Å². The first-order chi connectivity index (χ1) is 9.56. The minimum atomic E-state index is -0.350. The van der Waals surface area contributed by atoms with E-state index in [2.05, 4.69) is 10.6 Å². The van der Waals surface area contributed by atoms with E-state index in [4.69, 9.17) is 5.73 Å². The molecule has 1 atom stereocenters. The standard InChI is InChI=1S/C15H23N3O2/c1-11(2)14(19)17-8-9-18-15(20)13(10-16)12-6-4-3-5-7-12/h3-7,11,13H,8-10,16H2,1-2H3,(H,17,19)(H,18,20). The molecular formula is C15H23N3O2. The van der Waals surface area contributed by atoms with E-state index in [0.717, 1.165) is 5.56 Å². The maximum absolute atomic E-state index is 12.0. The number of hydrogen-bond acceptors (Lipinski definition) is 3. The van der Waals surface area contributed by atoms with Gasteiger partial charge in [0.2, 0.25) is 11.8 Å². The predicted octanol–water partition coefficient (Wildman–Crippen LogP) is 0.617. The third-order valence-electron chi connectivity index (χ3n) is 3.00. The Bertz CT molecular complexity index is 432. The van der Waals surface area contributed by atoms with Crippen molar-refractivity contribution in [3.63, 3.8) is 0 Å². The molecule has 4 N–H and O–H groups in total. The lowest BCUT2D eigenvalue weighted by Crippen LogP contribution is -2.39. The first-order valence-electron chi connectivity index (χ1n) is 6.86. The Morgan fingerprint density at radius 3 is 2.10 bits per heavy atom. The summed E-state index contributed by atoms with van der Waals surface area (Å²) >= 11 is 0. The number of nitrogens with one attached hydrogen (secondary N) is 2. The Labute approximate surface area is 119 Å². The van der Waals surface area contributed by atoms with Crippen LogP contribution in [0.25, 0.3) is 0 Å². The second-order valence-corrected chi connectivity index (χ2v) is 4.94. The molecular weight excluding hydrogens is 254 g/mol. The summed E-state index contributed by atoms with van der Waals surface area (Å²) in [4.78, 5) is 23.4. The maximum atomic E-state index is 12.0. The SMILES string of the molecule is CC(C)C(=O)NCCNC(=O)C(CN)c1ccccc1. The van der Waals surface area contributed by atoms with Crippen LogP contribution in [0.5, 0.6) is 0 Å². The van der Waals surface area contributed by atoms with Gasteiger partial charge in [-0.15, -0.1) is 0 Å². The number of rotatable bonds is 7. The topological polar surface area (TPSA) is 84.2 Å². The zero-order valence-electron chi connectivity index (χ0n) is 12.1. The summed E-state index contributed by atoms with van der Waals surface area (Å²) in [5.41, 5.74) is 6.57. The number of amides is 2. The normalized spacial score (nSPS) is 12.0. The fraction of sp³-hybridized carbons (Fsp3) is 0.467. The summed E-state index contributed by atoms with van der Waals surface area (Å²) in [5.74, 6) is -0.529. The van der Waals surface area contributed by atoms with E-state index in [1.807, 2.05) is 44.2 Å². The number of nitrogens with two attached hydrogens (primary N) is 1. The monoisotopic (exact) mass is 277 g/mol. The molecule has 110 valence electrons. The van der Waals surface area contributed by atoms with Crippen LogP contribution in [0, 0.1) is 5.92 Å². The average molecular weight is 277 g/mol. The molecule has 0 spiro atoms. The Morgan fingerprint density at radius 1 is 1.05 bits per heavy atom. The molecule has 0 heterocycles. The Kier molecular flexibility index (Phi) is 6.73. The van der Waals surface area contributed by atoms with E-state index < -0.39 is 0 Å². The van der Waals surface area contributed by atoms with Crippen LogP contribution in [0.1, 0.15) is 25.3 Å². The molecule has 5 heteroatoms. The molecule has 1 aromatic carbocycles. The highest BCUT2D eigenvalue weighted by Crippen LogP contribution is 2.13. The van der Waals surface area contributed by atoms with Crippen molar-refractivity contribution < 1.29 is 9.59 Å². The van der Waals surface area contributed by atoms with Gasteiger partial charge in [-0.1, -0.05) is 44.2 Å². The third kappa shape index (κ3) is 5.01. The van der Waals surface area contributed by atoms with Crippen LogP contribution in [0.15, 0.2) is 30.3 Å². The molecule has 1 rings (SSSR count). The van der Waals surface area contributed by atoms with Gasteiger partial charge in [0.15, 0.2) is 0 Å². The second kappa shape index (κ2) is 8.32. The van der Waals surface area contributed by atoms with Gasteiger partial charge in [-0.2, -0.15) is 0 Å². The lowest BCUT2D eigenvalue weighted by Gasteiger charge is -2.15. The highest BCUT2D eigenvalue weighted by molar-refractivity contribution is 5.84. The quantitative estimate of drug-likeness (QED) is 0.639. The lowest BCUT2D eigenvalue weighted by molar-refractivity contribution is -0.125. The van der Waals surface area contributed by atoms with Crippen molar-refractivity contribution in [2.75, 3.05) is 19.6 Å². The van der Waals surface area contributed by atoms with Gasteiger partial charge in [0.1, 0.15) is 0 Å². The molecule has 5 nitrogen and oxygen atoms in total. The van der Waals surface area contributed by atoms with Gasteiger partial charge in [-0.3, -0.25) is 9.59 Å². The van der Waals surface area contributed by atoms with Crippen LogP contribution in [-0.4, -0.2) is 31.4 Å². The van der Waals surface area contributed by atoms with Crippen molar-refractivity contribution in [2.45, 2.75) is 19.8 Å². The van der Waals surface area contributed by atoms with E-state index in [9.17, 15) is 9.59 Å². The van der Waals surface area contributed by atoms with E-state index >= 15 is 0 Å². The number of benzene rings is 1. The Hall–Kier alpha value is -1.88. The Balaban J connectivity index is 2.40. The zero-order valence-corrected chi connectivity index (χ0v) is 12.1. The smallest absolute Gasteiger partial charge is 0.228 e.